The van der Waals surface area contributed by atoms with E-state index in [2.05, 4.69) is 5.32 Å². The normalized spacial score (nSPS) is 12.2. The minimum atomic E-state index is -0.951. The Kier molecular flexibility index (Phi) is 13.9. The summed E-state index contributed by atoms with van der Waals surface area (Å²) in [6, 6.07) is -0.749. The number of rotatable bonds is 7. The lowest BCUT2D eigenvalue weighted by Gasteiger charge is -1.98. The van der Waals surface area contributed by atoms with Crippen molar-refractivity contribution in [2.45, 2.75) is 26.3 Å². The smallest absolute Gasteiger partial charge is 0.320 e. The van der Waals surface area contributed by atoms with Gasteiger partial charge in [0.15, 0.2) is 0 Å². The van der Waals surface area contributed by atoms with Gasteiger partial charge in [-0.2, -0.15) is 0 Å². The number of nitrogens with one attached hydrogen (secondary N) is 1. The molecule has 18 heavy (non-hydrogen) atoms. The predicted octanol–water partition coefficient (Wildman–Crippen LogP) is 0.601. The number of carboxylic acids is 2. The average molecular weight is 258 g/mol. The zero-order valence-electron chi connectivity index (χ0n) is 10.8. The monoisotopic (exact) mass is 258 g/mol. The molecule has 0 saturated carbocycles. The second-order valence-corrected chi connectivity index (χ2v) is 3.34. The number of hydrogen-bond donors (Lipinski definition) is 4. The maximum Gasteiger partial charge on any atom is 0.320 e. The summed E-state index contributed by atoms with van der Waals surface area (Å²) < 4.78 is 0. The van der Waals surface area contributed by atoms with E-state index in [-0.39, 0.29) is 6.54 Å². The van der Waals surface area contributed by atoms with E-state index in [1.54, 1.807) is 12.2 Å². The molecule has 0 aromatic carbocycles. The zero-order valence-corrected chi connectivity index (χ0v) is 10.8. The van der Waals surface area contributed by atoms with Crippen LogP contribution in [0.25, 0.3) is 0 Å². The van der Waals surface area contributed by atoms with Crippen molar-refractivity contribution in [3.05, 3.63) is 24.3 Å². The van der Waals surface area contributed by atoms with Crippen molar-refractivity contribution in [2.24, 2.45) is 5.73 Å². The molecule has 0 aliphatic rings. The lowest BCUT2D eigenvalue weighted by molar-refractivity contribution is -0.138. The third kappa shape index (κ3) is 16.8. The summed E-state index contributed by atoms with van der Waals surface area (Å²) in [6.45, 7) is 4.38. The van der Waals surface area contributed by atoms with E-state index in [9.17, 15) is 9.59 Å². The highest BCUT2D eigenvalue weighted by molar-refractivity contribution is 5.73. The van der Waals surface area contributed by atoms with Crippen LogP contribution in [0.5, 0.6) is 0 Å². The zero-order chi connectivity index (χ0) is 14.4. The average Bonchev–Trinajstić information content (AvgIpc) is 2.32. The van der Waals surface area contributed by atoms with Gasteiger partial charge in [0.05, 0.1) is 6.54 Å². The Balaban J connectivity index is 0. The summed E-state index contributed by atoms with van der Waals surface area (Å²) in [6.07, 6.45) is 7.66. The van der Waals surface area contributed by atoms with Crippen molar-refractivity contribution in [3.63, 3.8) is 0 Å². The van der Waals surface area contributed by atoms with Crippen LogP contribution in [0.3, 0.4) is 0 Å². The van der Waals surface area contributed by atoms with E-state index in [1.165, 1.54) is 0 Å². The highest BCUT2D eigenvalue weighted by Crippen LogP contribution is 1.88. The lowest BCUT2D eigenvalue weighted by atomic mass is 10.2. The molecule has 0 saturated heterocycles. The van der Waals surface area contributed by atoms with Gasteiger partial charge in [-0.25, -0.2) is 0 Å². The van der Waals surface area contributed by atoms with Crippen LogP contribution in [0.15, 0.2) is 24.3 Å². The molecule has 0 spiro atoms. The first-order valence-corrected chi connectivity index (χ1v) is 5.58. The molecule has 104 valence electrons. The molecule has 6 nitrogen and oxygen atoms in total. The molecule has 0 fully saturated rings. The summed E-state index contributed by atoms with van der Waals surface area (Å²) in [4.78, 5) is 19.9. The molecule has 0 bridgehead atoms. The highest BCUT2D eigenvalue weighted by atomic mass is 16.4. The first-order valence-electron chi connectivity index (χ1n) is 5.58. The van der Waals surface area contributed by atoms with E-state index in [4.69, 9.17) is 15.9 Å². The second kappa shape index (κ2) is 13.4. The van der Waals surface area contributed by atoms with Crippen molar-refractivity contribution < 1.29 is 19.8 Å². The summed E-state index contributed by atoms with van der Waals surface area (Å²) in [5, 5.41) is 19.1. The molecule has 1 atom stereocenters. The number of hydrogen-bond acceptors (Lipinski definition) is 4. The molecule has 6 heteroatoms. The minimum absolute atomic E-state index is 0.0321. The molecule has 0 aromatic heterocycles. The number of carbonyl (C=O) groups is 2. The maximum absolute atomic E-state index is 10.0. The van der Waals surface area contributed by atoms with Crippen LogP contribution in [0.2, 0.25) is 0 Å². The minimum Gasteiger partial charge on any atom is -0.480 e. The third-order valence-electron chi connectivity index (χ3n) is 1.72. The van der Waals surface area contributed by atoms with Crippen LogP contribution in [0.4, 0.5) is 0 Å². The fourth-order valence-corrected chi connectivity index (χ4v) is 0.764. The topological polar surface area (TPSA) is 113 Å². The summed E-state index contributed by atoms with van der Waals surface area (Å²) >= 11 is 0. The Bertz CT molecular complexity index is 288. The first kappa shape index (κ1) is 18.7. The van der Waals surface area contributed by atoms with Crippen molar-refractivity contribution in [3.8, 4) is 0 Å². The third-order valence-corrected chi connectivity index (χ3v) is 1.72. The molecular formula is C12H22N2O4. The van der Waals surface area contributed by atoms with Crippen LogP contribution >= 0.6 is 0 Å². The van der Waals surface area contributed by atoms with Crippen LogP contribution in [-0.2, 0) is 9.59 Å². The lowest BCUT2D eigenvalue weighted by Crippen LogP contribution is -2.29. The molecule has 0 aromatic rings. The van der Waals surface area contributed by atoms with Gasteiger partial charge in [0.2, 0.25) is 0 Å². The summed E-state index contributed by atoms with van der Waals surface area (Å²) in [5.41, 5.74) is 5.15. The molecule has 0 rings (SSSR count). The van der Waals surface area contributed by atoms with Crippen molar-refractivity contribution in [2.75, 3.05) is 13.1 Å². The Morgan fingerprint density at radius 3 is 2.17 bits per heavy atom. The van der Waals surface area contributed by atoms with Crippen LogP contribution < -0.4 is 11.1 Å². The SMILES string of the molecule is C/C=C/CC(N)C(=O)O.C/C=C/CNCC(=O)O. The fourth-order valence-electron chi connectivity index (χ4n) is 0.764. The van der Waals surface area contributed by atoms with Gasteiger partial charge in [-0.3, -0.25) is 9.59 Å². The molecule has 0 aliphatic carbocycles. The van der Waals surface area contributed by atoms with Crippen molar-refractivity contribution >= 4 is 11.9 Å². The van der Waals surface area contributed by atoms with E-state index in [0.717, 1.165) is 0 Å². The standard InChI is InChI=1S/2C6H11NO2/c1-2-3-4-7-5-6(8)9;1-2-3-4-5(7)6(8)9/h2-3,7H,4-5H2,1H3,(H,8,9);2-3,5H,4,7H2,1H3,(H,8,9)/b2*3-2+. The molecule has 5 N–H and O–H groups in total. The van der Waals surface area contributed by atoms with Crippen molar-refractivity contribution in [1.29, 1.82) is 0 Å². The van der Waals surface area contributed by atoms with Crippen molar-refractivity contribution in [1.82, 2.24) is 5.32 Å². The molecular weight excluding hydrogens is 236 g/mol. The quantitative estimate of drug-likeness (QED) is 0.393. The van der Waals surface area contributed by atoms with E-state index in [0.29, 0.717) is 13.0 Å². The Labute approximate surface area is 107 Å². The number of aliphatic carboxylic acids is 2. The first-order chi connectivity index (χ1) is 8.45. The van der Waals surface area contributed by atoms with E-state index < -0.39 is 18.0 Å². The fraction of sp³-hybridized carbons (Fsp3) is 0.500. The van der Waals surface area contributed by atoms with Gasteiger partial charge in [0.25, 0.3) is 0 Å². The van der Waals surface area contributed by atoms with E-state index in [1.807, 2.05) is 26.0 Å². The van der Waals surface area contributed by atoms with Gasteiger partial charge in [-0.15, -0.1) is 0 Å². The molecule has 0 aliphatic heterocycles. The summed E-state index contributed by atoms with van der Waals surface area (Å²) in [5.74, 6) is -1.77. The van der Waals surface area contributed by atoms with Crippen LogP contribution in [0, 0.1) is 0 Å². The highest BCUT2D eigenvalue weighted by Gasteiger charge is 2.07. The number of carboxylic acid groups (broad SMARTS) is 2. The van der Waals surface area contributed by atoms with Crippen LogP contribution in [0.1, 0.15) is 20.3 Å². The molecule has 0 radical (unpaired) electrons. The van der Waals surface area contributed by atoms with Crippen LogP contribution in [-0.4, -0.2) is 41.3 Å². The maximum atomic E-state index is 10.0. The molecule has 0 heterocycles. The Hall–Kier alpha value is -1.66. The second-order valence-electron chi connectivity index (χ2n) is 3.34. The summed E-state index contributed by atoms with van der Waals surface area (Å²) in [7, 11) is 0. The van der Waals surface area contributed by atoms with Gasteiger partial charge in [-0.05, 0) is 20.3 Å². The number of nitrogens with two attached hydrogens (primary N) is 1. The molecule has 0 amide bonds. The Morgan fingerprint density at radius 1 is 1.22 bits per heavy atom. The largest absolute Gasteiger partial charge is 0.480 e. The van der Waals surface area contributed by atoms with Gasteiger partial charge in [0, 0.05) is 6.54 Å². The Morgan fingerprint density at radius 2 is 1.78 bits per heavy atom. The van der Waals surface area contributed by atoms with Gasteiger partial charge < -0.3 is 21.3 Å². The van der Waals surface area contributed by atoms with E-state index >= 15 is 0 Å². The van der Waals surface area contributed by atoms with Gasteiger partial charge in [0.1, 0.15) is 6.04 Å². The van der Waals surface area contributed by atoms with Gasteiger partial charge >= 0.3 is 11.9 Å². The number of allylic oxidation sites excluding steroid dienone is 2. The molecule has 1 unspecified atom stereocenters. The van der Waals surface area contributed by atoms with Gasteiger partial charge in [-0.1, -0.05) is 24.3 Å². The predicted molar refractivity (Wildman–Crippen MR) is 70.4 cm³/mol.